The molecular weight excluding hydrogens is 438 g/mol. The number of nitrogens with zero attached hydrogens (tertiary/aromatic N) is 2. The lowest BCUT2D eigenvalue weighted by molar-refractivity contribution is -0.136. The van der Waals surface area contributed by atoms with Crippen molar-refractivity contribution in [1.82, 2.24) is 10.2 Å². The summed E-state index contributed by atoms with van der Waals surface area (Å²) in [5, 5.41) is 11.6. The predicted octanol–water partition coefficient (Wildman–Crippen LogP) is 4.67. The number of hydrogen-bond donors (Lipinski definition) is 1. The molecule has 2 aromatic carbocycles. The van der Waals surface area contributed by atoms with Crippen molar-refractivity contribution >= 4 is 5.91 Å². The lowest BCUT2D eigenvalue weighted by Gasteiger charge is -2.32. The molecule has 6 nitrogen and oxygen atoms in total. The number of carbonyl (C=O) groups is 1. The zero-order valence-corrected chi connectivity index (χ0v) is 21.3. The molecule has 1 fully saturated rings. The van der Waals surface area contributed by atoms with E-state index < -0.39 is 6.10 Å². The van der Waals surface area contributed by atoms with Crippen LogP contribution < -0.4 is 5.32 Å². The number of piperidine rings is 1. The molecule has 1 unspecified atom stereocenters. The van der Waals surface area contributed by atoms with Gasteiger partial charge < -0.3 is 19.7 Å². The van der Waals surface area contributed by atoms with Crippen molar-refractivity contribution in [3.8, 4) is 6.07 Å². The molecule has 1 aliphatic rings. The number of benzene rings is 2. The number of nitrogens with one attached hydrogen (secondary N) is 1. The summed E-state index contributed by atoms with van der Waals surface area (Å²) in [6, 6.07) is 20.7. The lowest BCUT2D eigenvalue weighted by atomic mass is 9.88. The molecule has 0 saturated carbocycles. The molecule has 0 spiro atoms. The quantitative estimate of drug-likeness (QED) is 0.450. The highest BCUT2D eigenvalue weighted by molar-refractivity contribution is 5.81. The molecule has 0 bridgehead atoms. The van der Waals surface area contributed by atoms with Crippen LogP contribution in [-0.4, -0.2) is 56.8 Å². The van der Waals surface area contributed by atoms with E-state index in [-0.39, 0.29) is 24.5 Å². The number of hydrogen-bond acceptors (Lipinski definition) is 5. The first-order valence-electron chi connectivity index (χ1n) is 12.7. The smallest absolute Gasteiger partial charge is 0.250 e. The van der Waals surface area contributed by atoms with Gasteiger partial charge in [-0.25, -0.2) is 0 Å². The molecule has 1 saturated heterocycles. The van der Waals surface area contributed by atoms with Gasteiger partial charge in [0, 0.05) is 13.7 Å². The van der Waals surface area contributed by atoms with Crippen LogP contribution in [0.2, 0.25) is 0 Å². The molecule has 2 aromatic rings. The van der Waals surface area contributed by atoms with E-state index in [2.05, 4.69) is 48.3 Å². The summed E-state index contributed by atoms with van der Waals surface area (Å²) in [5.41, 5.74) is 3.39. The van der Waals surface area contributed by atoms with Gasteiger partial charge in [-0.1, -0.05) is 68.4 Å². The van der Waals surface area contributed by atoms with Crippen LogP contribution in [0.5, 0.6) is 0 Å². The fraction of sp³-hybridized carbons (Fsp3) is 0.517. The van der Waals surface area contributed by atoms with E-state index in [1.165, 1.54) is 5.56 Å². The van der Waals surface area contributed by atoms with Crippen LogP contribution in [0.3, 0.4) is 0 Å². The highest BCUT2D eigenvalue weighted by Gasteiger charge is 2.27. The Morgan fingerprint density at radius 2 is 1.74 bits per heavy atom. The van der Waals surface area contributed by atoms with Gasteiger partial charge in [-0.2, -0.15) is 5.26 Å². The number of nitriles is 1. The molecule has 0 aliphatic carbocycles. The van der Waals surface area contributed by atoms with Crippen molar-refractivity contribution in [3.63, 3.8) is 0 Å². The molecule has 1 N–H and O–H groups in total. The van der Waals surface area contributed by atoms with E-state index in [1.54, 1.807) is 7.11 Å². The Morgan fingerprint density at radius 1 is 1.09 bits per heavy atom. The average Bonchev–Trinajstić information content (AvgIpc) is 2.89. The number of likely N-dealkylation sites (tertiary alicyclic amines) is 1. The van der Waals surface area contributed by atoms with E-state index in [9.17, 15) is 4.79 Å². The summed E-state index contributed by atoms with van der Waals surface area (Å²) >= 11 is 0. The third-order valence-electron chi connectivity index (χ3n) is 6.63. The molecular formula is C29H39N3O3. The molecule has 188 valence electrons. The maximum Gasteiger partial charge on any atom is 0.250 e. The number of rotatable bonds is 12. The van der Waals surface area contributed by atoms with Gasteiger partial charge in [0.15, 0.2) is 0 Å². The Hall–Kier alpha value is -2.72. The van der Waals surface area contributed by atoms with E-state index >= 15 is 0 Å². The first-order valence-corrected chi connectivity index (χ1v) is 12.7. The number of amides is 1. The summed E-state index contributed by atoms with van der Waals surface area (Å²) in [7, 11) is 1.75. The summed E-state index contributed by atoms with van der Waals surface area (Å²) in [6.07, 6.45) is 1.89. The van der Waals surface area contributed by atoms with E-state index in [0.717, 1.165) is 50.2 Å². The van der Waals surface area contributed by atoms with Crippen LogP contribution in [0.1, 0.15) is 61.8 Å². The zero-order chi connectivity index (χ0) is 25.0. The minimum absolute atomic E-state index is 0.0220. The molecule has 3 rings (SSSR count). The minimum atomic E-state index is -0.635. The second kappa shape index (κ2) is 14.0. The number of carbonyl (C=O) groups excluding carboxylic acids is 1. The number of methoxy groups -OCH3 is 1. The van der Waals surface area contributed by atoms with E-state index in [4.69, 9.17) is 14.7 Å². The summed E-state index contributed by atoms with van der Waals surface area (Å²) in [5.74, 6) is 0.601. The van der Waals surface area contributed by atoms with Gasteiger partial charge in [0.05, 0.1) is 12.7 Å². The predicted molar refractivity (Wildman–Crippen MR) is 138 cm³/mol. The van der Waals surface area contributed by atoms with Gasteiger partial charge in [0.2, 0.25) is 5.91 Å². The topological polar surface area (TPSA) is 74.6 Å². The Labute approximate surface area is 210 Å². The third kappa shape index (κ3) is 8.17. The summed E-state index contributed by atoms with van der Waals surface area (Å²) in [4.78, 5) is 15.3. The summed E-state index contributed by atoms with van der Waals surface area (Å²) < 4.78 is 11.7. The van der Waals surface area contributed by atoms with E-state index in [0.29, 0.717) is 12.3 Å². The van der Waals surface area contributed by atoms with E-state index in [1.807, 2.05) is 36.4 Å². The molecule has 1 heterocycles. The molecule has 0 aromatic heterocycles. The first-order chi connectivity index (χ1) is 17.0. The van der Waals surface area contributed by atoms with Gasteiger partial charge in [0.25, 0.3) is 0 Å². The Balaban J connectivity index is 1.76. The van der Waals surface area contributed by atoms with Crippen molar-refractivity contribution < 1.29 is 14.3 Å². The molecule has 1 aliphatic heterocycles. The van der Waals surface area contributed by atoms with Gasteiger partial charge in [0.1, 0.15) is 18.8 Å². The molecule has 1 amide bonds. The SMILES string of the molecule is COCCN1CCC(c2ccc(C(O[C@@H](CC(C)C)C(=O)NCC#N)c3ccccc3)cc2)CC1. The van der Waals surface area contributed by atoms with Crippen molar-refractivity contribution in [2.45, 2.75) is 51.2 Å². The number of ether oxygens (including phenoxy) is 2. The minimum Gasteiger partial charge on any atom is -0.383 e. The van der Waals surface area contributed by atoms with Gasteiger partial charge in [-0.3, -0.25) is 4.79 Å². The lowest BCUT2D eigenvalue weighted by Crippen LogP contribution is -2.38. The van der Waals surface area contributed by atoms with Crippen LogP contribution in [0, 0.1) is 17.2 Å². The first kappa shape index (κ1) is 26.9. The molecule has 6 heteroatoms. The Kier molecular flexibility index (Phi) is 10.7. The van der Waals surface area contributed by atoms with Crippen molar-refractivity contribution in [3.05, 3.63) is 71.3 Å². The second-order valence-electron chi connectivity index (χ2n) is 9.70. The van der Waals surface area contributed by atoms with Crippen molar-refractivity contribution in [2.75, 3.05) is 39.9 Å². The third-order valence-corrected chi connectivity index (χ3v) is 6.63. The summed E-state index contributed by atoms with van der Waals surface area (Å²) in [6.45, 7) is 8.10. The average molecular weight is 478 g/mol. The van der Waals surface area contributed by atoms with Crippen molar-refractivity contribution in [1.29, 1.82) is 5.26 Å². The van der Waals surface area contributed by atoms with Gasteiger partial charge in [-0.05, 0) is 60.9 Å². The highest BCUT2D eigenvalue weighted by Crippen LogP contribution is 2.32. The fourth-order valence-corrected chi connectivity index (χ4v) is 4.69. The Morgan fingerprint density at radius 3 is 2.34 bits per heavy atom. The highest BCUT2D eigenvalue weighted by atomic mass is 16.5. The van der Waals surface area contributed by atoms with Crippen molar-refractivity contribution in [2.24, 2.45) is 5.92 Å². The fourth-order valence-electron chi connectivity index (χ4n) is 4.69. The second-order valence-corrected chi connectivity index (χ2v) is 9.70. The zero-order valence-electron chi connectivity index (χ0n) is 21.3. The standard InChI is InChI=1S/C29H39N3O3/c1-22(2)21-27(29(33)31-16-15-30)35-28(25-7-5-4-6-8-25)26-11-9-23(10-12-26)24-13-17-32(18-14-24)19-20-34-3/h4-12,22,24,27-28H,13-14,16-21H2,1-3H3,(H,31,33)/t27-,28?/m0/s1. The maximum atomic E-state index is 12.8. The van der Waals surface area contributed by atoms with Gasteiger partial charge >= 0.3 is 0 Å². The largest absolute Gasteiger partial charge is 0.383 e. The van der Waals surface area contributed by atoms with Crippen LogP contribution in [-0.2, 0) is 14.3 Å². The van der Waals surface area contributed by atoms with Gasteiger partial charge in [-0.15, -0.1) is 0 Å². The van der Waals surface area contributed by atoms with Crippen LogP contribution >= 0.6 is 0 Å². The van der Waals surface area contributed by atoms with Crippen LogP contribution in [0.15, 0.2) is 54.6 Å². The molecule has 2 atom stereocenters. The molecule has 35 heavy (non-hydrogen) atoms. The molecule has 0 radical (unpaired) electrons. The van der Waals surface area contributed by atoms with Crippen LogP contribution in [0.25, 0.3) is 0 Å². The normalized spacial score (nSPS) is 16.5. The monoisotopic (exact) mass is 477 g/mol. The maximum absolute atomic E-state index is 12.8. The Bertz CT molecular complexity index is 932. The van der Waals surface area contributed by atoms with Crippen LogP contribution in [0.4, 0.5) is 0 Å².